The van der Waals surface area contributed by atoms with Gasteiger partial charge in [-0.05, 0) is 107 Å². The summed E-state index contributed by atoms with van der Waals surface area (Å²) in [6.45, 7) is 3.56. The maximum atomic E-state index is 14.7. The summed E-state index contributed by atoms with van der Waals surface area (Å²) in [5.41, 5.74) is 7.60. The third-order valence-corrected chi connectivity index (χ3v) is 10.0. The highest BCUT2D eigenvalue weighted by Crippen LogP contribution is 2.39. The van der Waals surface area contributed by atoms with Crippen LogP contribution in [0.4, 0.5) is 24.8 Å². The molecule has 0 saturated carbocycles. The van der Waals surface area contributed by atoms with Gasteiger partial charge in [0.2, 0.25) is 11.8 Å². The van der Waals surface area contributed by atoms with Gasteiger partial charge in [0.25, 0.3) is 0 Å². The van der Waals surface area contributed by atoms with E-state index in [1.54, 1.807) is 43.5 Å². The molecule has 0 spiro atoms. The Balaban J connectivity index is 0.964. The van der Waals surface area contributed by atoms with Gasteiger partial charge in [-0.25, -0.2) is 4.98 Å². The van der Waals surface area contributed by atoms with Gasteiger partial charge in [0.15, 0.2) is 5.82 Å². The molecule has 62 heavy (non-hydrogen) atoms. The zero-order chi connectivity index (χ0) is 43.2. The topological polar surface area (TPSA) is 123 Å². The minimum absolute atomic E-state index is 0.0460. The zero-order valence-electron chi connectivity index (χ0n) is 33.6. The summed E-state index contributed by atoms with van der Waals surface area (Å²) in [5.74, 6) is -0.0867. The molecule has 2 amide bonds. The molecule has 0 fully saturated rings. The Labute approximate surface area is 355 Å². The van der Waals surface area contributed by atoms with Gasteiger partial charge in [0.1, 0.15) is 5.82 Å². The normalized spacial score (nSPS) is 11.2. The molecule has 0 aliphatic carbocycles. The lowest BCUT2D eigenvalue weighted by atomic mass is 9.95. The van der Waals surface area contributed by atoms with Crippen LogP contribution in [0.25, 0.3) is 56.0 Å². The first-order valence-corrected chi connectivity index (χ1v) is 19.7. The monoisotopic (exact) mass is 825 g/mol. The fourth-order valence-electron chi connectivity index (χ4n) is 7.10. The van der Waals surface area contributed by atoms with Gasteiger partial charge in [0.05, 0.1) is 35.5 Å². The van der Waals surface area contributed by atoms with E-state index < -0.39 is 17.6 Å². The van der Waals surface area contributed by atoms with Crippen LogP contribution >= 0.6 is 0 Å². The number of alkyl halides is 3. The second-order valence-electron chi connectivity index (χ2n) is 14.8. The van der Waals surface area contributed by atoms with Crippen LogP contribution in [0, 0.1) is 13.8 Å². The average molecular weight is 826 g/mol. The molecule has 0 aliphatic heterocycles. The van der Waals surface area contributed by atoms with Crippen molar-refractivity contribution in [3.63, 3.8) is 0 Å². The van der Waals surface area contributed by atoms with Crippen LogP contribution in [-0.4, -0.2) is 37.0 Å². The molecule has 0 aliphatic rings. The van der Waals surface area contributed by atoms with Crippen LogP contribution in [-0.2, 0) is 28.6 Å². The van der Waals surface area contributed by atoms with E-state index in [0.717, 1.165) is 39.4 Å². The molecule has 2 N–H and O–H groups in total. The van der Waals surface area contributed by atoms with E-state index in [9.17, 15) is 22.8 Å². The fraction of sp³-hybridized carbons (Fsp3) is 0.100. The first kappa shape index (κ1) is 40.9. The number of amides is 2. The predicted molar refractivity (Wildman–Crippen MR) is 235 cm³/mol. The lowest BCUT2D eigenvalue weighted by molar-refractivity contribution is -0.137. The number of hydrogen-bond acceptors (Lipinski definition) is 7. The van der Waals surface area contributed by atoms with E-state index in [1.807, 2.05) is 110 Å². The van der Waals surface area contributed by atoms with Crippen LogP contribution in [0.3, 0.4) is 0 Å². The molecule has 306 valence electrons. The number of halogens is 3. The van der Waals surface area contributed by atoms with Crippen molar-refractivity contribution in [2.75, 3.05) is 10.6 Å². The van der Waals surface area contributed by atoms with Crippen molar-refractivity contribution in [3.05, 3.63) is 186 Å². The van der Waals surface area contributed by atoms with Crippen molar-refractivity contribution in [1.29, 1.82) is 0 Å². The second-order valence-corrected chi connectivity index (χ2v) is 14.8. The Hall–Kier alpha value is -7.86. The van der Waals surface area contributed by atoms with Crippen molar-refractivity contribution >= 4 is 23.5 Å². The lowest BCUT2D eigenvalue weighted by Crippen LogP contribution is -2.16. The highest BCUT2D eigenvalue weighted by Gasteiger charge is 2.34. The number of carbonyl (C=O) groups is 2. The van der Waals surface area contributed by atoms with Gasteiger partial charge < -0.3 is 10.6 Å². The summed E-state index contributed by atoms with van der Waals surface area (Å²) in [5, 5.41) is 13.9. The summed E-state index contributed by atoms with van der Waals surface area (Å²) in [6.07, 6.45) is -3.24. The first-order chi connectivity index (χ1) is 29.9. The molecular formula is C50H38F3N7O2. The number of hydrogen-bond donors (Lipinski definition) is 2. The van der Waals surface area contributed by atoms with Crippen molar-refractivity contribution < 1.29 is 22.8 Å². The molecule has 0 radical (unpaired) electrons. The predicted octanol–water partition coefficient (Wildman–Crippen LogP) is 11.0. The maximum Gasteiger partial charge on any atom is 0.417 e. The number of anilines is 2. The molecule has 9 nitrogen and oxygen atoms in total. The number of carbonyl (C=O) groups excluding carboxylic acids is 2. The molecule has 0 unspecified atom stereocenters. The van der Waals surface area contributed by atoms with Gasteiger partial charge in [-0.2, -0.15) is 13.2 Å². The van der Waals surface area contributed by atoms with Gasteiger partial charge >= 0.3 is 6.18 Å². The molecule has 0 saturated heterocycles. The molecule has 4 heterocycles. The molecule has 8 aromatic rings. The van der Waals surface area contributed by atoms with Gasteiger partial charge in [0, 0.05) is 28.7 Å². The molecule has 8 rings (SSSR count). The second kappa shape index (κ2) is 17.8. The van der Waals surface area contributed by atoms with Crippen molar-refractivity contribution in [1.82, 2.24) is 25.1 Å². The van der Waals surface area contributed by atoms with Crippen LogP contribution in [0.15, 0.2) is 158 Å². The van der Waals surface area contributed by atoms with Crippen LogP contribution in [0.5, 0.6) is 0 Å². The van der Waals surface area contributed by atoms with Crippen LogP contribution in [0.2, 0.25) is 0 Å². The van der Waals surface area contributed by atoms with Gasteiger partial charge in [-0.15, -0.1) is 10.2 Å². The fourth-order valence-corrected chi connectivity index (χ4v) is 7.10. The van der Waals surface area contributed by atoms with Crippen molar-refractivity contribution in [2.45, 2.75) is 32.9 Å². The molecule has 4 aromatic heterocycles. The maximum absolute atomic E-state index is 14.7. The van der Waals surface area contributed by atoms with E-state index in [1.165, 1.54) is 12.1 Å². The third kappa shape index (κ3) is 9.94. The minimum atomic E-state index is -4.71. The standard InChI is InChI=1S/C50H38F3N7O2/c1-31-23-39(36-16-13-33(14-17-36)26-48(61)58-47-22-20-43(59-60-47)37-11-7-4-8-12-37)28-44(55-31)45-29-40(24-32(2)56-45)41-19-15-34(25-42(41)50(51,52)53)27-49(62)57-46-21-18-38(30-54-46)35-9-5-3-6-10-35/h3-25,28-30H,26-27H2,1-2H3,(H,54,57,62)(H,58,60,61). The summed E-state index contributed by atoms with van der Waals surface area (Å²) < 4.78 is 44.1. The van der Waals surface area contributed by atoms with Crippen LogP contribution < -0.4 is 10.6 Å². The summed E-state index contributed by atoms with van der Waals surface area (Å²) >= 11 is 0. The minimum Gasteiger partial charge on any atom is -0.310 e. The van der Waals surface area contributed by atoms with Crippen LogP contribution in [0.1, 0.15) is 28.1 Å². The first-order valence-electron chi connectivity index (χ1n) is 19.7. The number of benzene rings is 4. The molecule has 0 atom stereocenters. The summed E-state index contributed by atoms with van der Waals surface area (Å²) in [7, 11) is 0. The highest BCUT2D eigenvalue weighted by molar-refractivity contribution is 5.92. The lowest BCUT2D eigenvalue weighted by Gasteiger charge is -2.16. The van der Waals surface area contributed by atoms with E-state index >= 15 is 0 Å². The smallest absolute Gasteiger partial charge is 0.310 e. The largest absolute Gasteiger partial charge is 0.417 e. The summed E-state index contributed by atoms with van der Waals surface area (Å²) in [4.78, 5) is 39.5. The van der Waals surface area contributed by atoms with Crippen molar-refractivity contribution in [2.24, 2.45) is 0 Å². The Bertz CT molecular complexity index is 2870. The molecule has 4 aromatic carbocycles. The average Bonchev–Trinajstić information content (AvgIpc) is 3.27. The van der Waals surface area contributed by atoms with Gasteiger partial charge in [-0.1, -0.05) is 97.1 Å². The number of aryl methyl sites for hydroxylation is 2. The van der Waals surface area contributed by atoms with E-state index in [2.05, 4.69) is 30.8 Å². The number of pyridine rings is 3. The Morgan fingerprint density at radius 3 is 1.66 bits per heavy atom. The van der Waals surface area contributed by atoms with E-state index in [-0.39, 0.29) is 29.9 Å². The number of nitrogens with one attached hydrogen (secondary N) is 2. The Morgan fingerprint density at radius 2 is 1.05 bits per heavy atom. The number of aromatic nitrogens is 5. The SMILES string of the molecule is Cc1cc(-c2ccc(CC(=O)Nc3ccc(-c4ccccc4)nn3)cc2)cc(-c2cc(-c3ccc(CC(=O)Nc4ccc(-c5ccccc5)cn4)cc3C(F)(F)F)cc(C)n2)n1. The quantitative estimate of drug-likeness (QED) is 0.133. The Kier molecular flexibility index (Phi) is 11.7. The Morgan fingerprint density at radius 1 is 0.500 bits per heavy atom. The van der Waals surface area contributed by atoms with Crippen molar-refractivity contribution in [3.8, 4) is 56.0 Å². The summed E-state index contributed by atoms with van der Waals surface area (Å²) in [6, 6.07) is 44.7. The van der Waals surface area contributed by atoms with Gasteiger partial charge in [-0.3, -0.25) is 19.6 Å². The molecule has 0 bridgehead atoms. The molecular weight excluding hydrogens is 788 g/mol. The molecule has 12 heteroatoms. The highest BCUT2D eigenvalue weighted by atomic mass is 19.4. The number of rotatable bonds is 11. The van der Waals surface area contributed by atoms with E-state index in [0.29, 0.717) is 45.7 Å². The zero-order valence-corrected chi connectivity index (χ0v) is 33.6. The third-order valence-electron chi connectivity index (χ3n) is 10.0. The van der Waals surface area contributed by atoms with E-state index in [4.69, 9.17) is 4.98 Å². The number of nitrogens with zero attached hydrogens (tertiary/aromatic N) is 5.